The summed E-state index contributed by atoms with van der Waals surface area (Å²) in [5.74, 6) is -0.662. The van der Waals surface area contributed by atoms with Crippen molar-refractivity contribution in [2.75, 3.05) is 0 Å². The van der Waals surface area contributed by atoms with E-state index in [1.54, 1.807) is 0 Å². The molecule has 1 atom stereocenters. The summed E-state index contributed by atoms with van der Waals surface area (Å²) in [5, 5.41) is 0. The van der Waals surface area contributed by atoms with Crippen LogP contribution >= 0.6 is 10.7 Å². The monoisotopic (exact) mass is 209 g/mol. The van der Waals surface area contributed by atoms with Gasteiger partial charge in [-0.15, -0.1) is 0 Å². The third kappa shape index (κ3) is 2.44. The van der Waals surface area contributed by atoms with Crippen LogP contribution < -0.4 is 0 Å². The van der Waals surface area contributed by atoms with Crippen molar-refractivity contribution in [3.8, 4) is 0 Å². The Morgan fingerprint density at radius 3 is 2.92 bits per heavy atom. The summed E-state index contributed by atoms with van der Waals surface area (Å²) in [6, 6.07) is 1.92. The summed E-state index contributed by atoms with van der Waals surface area (Å²) < 4.78 is 32.0. The lowest BCUT2D eigenvalue weighted by molar-refractivity contribution is 0.571. The molecule has 0 radical (unpaired) electrons. The Kier molecular flexibility index (Phi) is 2.66. The molecule has 1 aromatic heterocycles. The van der Waals surface area contributed by atoms with Gasteiger partial charge >= 0.3 is 0 Å². The first kappa shape index (κ1) is 9.44. The molecule has 0 aromatic carbocycles. The van der Waals surface area contributed by atoms with Crippen LogP contribution in [0, 0.1) is 10.3 Å². The van der Waals surface area contributed by atoms with Gasteiger partial charge in [-0.25, -0.2) is 8.60 Å². The van der Waals surface area contributed by atoms with Crippen molar-refractivity contribution in [2.24, 2.45) is 0 Å². The number of halogens is 2. The van der Waals surface area contributed by atoms with Gasteiger partial charge in [-0.3, -0.25) is 4.98 Å². The molecule has 0 fully saturated rings. The molecule has 3 nitrogen and oxygen atoms in total. The smallest absolute Gasteiger partial charge is 0.175 e. The molecule has 0 saturated heterocycles. The molecule has 0 spiro atoms. The first-order chi connectivity index (χ1) is 5.50. The second-order valence-electron chi connectivity index (χ2n) is 1.98. The third-order valence-corrected chi connectivity index (χ3v) is 2.43. The van der Waals surface area contributed by atoms with Crippen molar-refractivity contribution in [3.05, 3.63) is 34.9 Å². The van der Waals surface area contributed by atoms with E-state index in [1.807, 2.05) is 0 Å². The van der Waals surface area contributed by atoms with Gasteiger partial charge in [0.15, 0.2) is 9.02 Å². The summed E-state index contributed by atoms with van der Waals surface area (Å²) >= 11 is 0. The summed E-state index contributed by atoms with van der Waals surface area (Å²) in [5.41, 5.74) is 0. The minimum Gasteiger partial charge on any atom is -0.301 e. The van der Waals surface area contributed by atoms with Gasteiger partial charge in [-0.05, 0) is 12.1 Å². The van der Waals surface area contributed by atoms with Crippen molar-refractivity contribution in [1.82, 2.24) is 4.98 Å². The Hall–Kier alpha value is -0.650. The van der Waals surface area contributed by atoms with Crippen LogP contribution in [0.4, 0.5) is 4.39 Å². The third-order valence-electron chi connectivity index (χ3n) is 1.09. The van der Waals surface area contributed by atoms with E-state index in [0.717, 1.165) is 18.3 Å². The topological polar surface area (TPSA) is 50.2 Å². The van der Waals surface area contributed by atoms with Crippen molar-refractivity contribution in [2.45, 2.75) is 0 Å². The van der Waals surface area contributed by atoms with Gasteiger partial charge in [0.2, 0.25) is 0 Å². The first-order valence-electron chi connectivity index (χ1n) is 2.90. The van der Waals surface area contributed by atoms with E-state index in [2.05, 4.69) is 4.98 Å². The maximum Gasteiger partial charge on any atom is 0.175 e. The Bertz CT molecular complexity index is 434. The van der Waals surface area contributed by atoms with Gasteiger partial charge in [0.1, 0.15) is 5.82 Å². The highest BCUT2D eigenvalue weighted by Crippen LogP contribution is 2.02. The molecule has 66 valence electrons. The molecule has 1 heterocycles. The molecule has 1 aromatic rings. The molecule has 0 aliphatic carbocycles. The van der Waals surface area contributed by atoms with Crippen molar-refractivity contribution in [1.29, 1.82) is 0 Å². The average molecular weight is 210 g/mol. The van der Waals surface area contributed by atoms with Crippen LogP contribution in [0.1, 0.15) is 0 Å². The molecule has 0 bridgehead atoms. The highest BCUT2D eigenvalue weighted by molar-refractivity contribution is 8.12. The molecule has 1 unspecified atom stereocenters. The van der Waals surface area contributed by atoms with Gasteiger partial charge in [0, 0.05) is 23.1 Å². The zero-order chi connectivity index (χ0) is 9.19. The Morgan fingerprint density at radius 1 is 1.67 bits per heavy atom. The number of rotatable bonds is 0. The van der Waals surface area contributed by atoms with E-state index in [4.69, 9.17) is 15.2 Å². The first-order valence-corrected chi connectivity index (χ1v) is 5.24. The van der Waals surface area contributed by atoms with Crippen molar-refractivity contribution >= 4 is 19.7 Å². The molecular weight excluding hydrogens is 205 g/mol. The van der Waals surface area contributed by atoms with Crippen LogP contribution in [0.15, 0.2) is 24.5 Å². The van der Waals surface area contributed by atoms with Gasteiger partial charge < -0.3 is 4.55 Å². The maximum absolute atomic E-state index is 12.6. The second kappa shape index (κ2) is 3.38. The molecule has 0 aliphatic heterocycles. The normalized spacial score (nSPS) is 15.2. The fourth-order valence-electron chi connectivity index (χ4n) is 0.590. The van der Waals surface area contributed by atoms with Gasteiger partial charge in [0.25, 0.3) is 0 Å². The fraction of sp³-hybridized carbons (Fsp3) is 0. The maximum atomic E-state index is 12.6. The lowest BCUT2D eigenvalue weighted by atomic mass is 10.5. The Morgan fingerprint density at radius 2 is 2.33 bits per heavy atom. The van der Waals surface area contributed by atoms with Crippen LogP contribution in [-0.2, 0) is 9.02 Å². The van der Waals surface area contributed by atoms with Crippen LogP contribution in [0.2, 0.25) is 0 Å². The van der Waals surface area contributed by atoms with E-state index in [-0.39, 0.29) is 4.51 Å². The average Bonchev–Trinajstić information content (AvgIpc) is 2.11. The minimum absolute atomic E-state index is 0.244. The van der Waals surface area contributed by atoms with Gasteiger partial charge in [-0.1, -0.05) is 0 Å². The summed E-state index contributed by atoms with van der Waals surface area (Å²) in [6.07, 6.45) is 2.21. The number of hydrogen-bond donors (Lipinski definition) is 1. The lowest BCUT2D eigenvalue weighted by Crippen LogP contribution is -1.85. The van der Waals surface area contributed by atoms with Crippen LogP contribution in [0.3, 0.4) is 0 Å². The van der Waals surface area contributed by atoms with Crippen LogP contribution in [-0.4, -0.2) is 13.7 Å². The second-order valence-corrected chi connectivity index (χ2v) is 4.63. The predicted octanol–water partition coefficient (Wildman–Crippen LogP) is 1.66. The molecular formula is C6H5ClFNO2S. The van der Waals surface area contributed by atoms with Crippen molar-refractivity contribution in [3.63, 3.8) is 0 Å². The van der Waals surface area contributed by atoms with E-state index in [9.17, 15) is 8.60 Å². The zero-order valence-corrected chi connectivity index (χ0v) is 7.35. The number of hydrogen-bond acceptors (Lipinski definition) is 2. The SMILES string of the molecule is O=S(O)(Cl)=c1cnccc(F)c1. The van der Waals surface area contributed by atoms with Gasteiger partial charge in [0.05, 0.1) is 4.51 Å². The fourth-order valence-corrected chi connectivity index (χ4v) is 1.29. The zero-order valence-electron chi connectivity index (χ0n) is 5.78. The number of nitrogens with zero attached hydrogens (tertiary/aromatic N) is 1. The van der Waals surface area contributed by atoms with Crippen molar-refractivity contribution < 1.29 is 13.2 Å². The molecule has 0 aliphatic rings. The highest BCUT2D eigenvalue weighted by atomic mass is 35.7. The molecule has 12 heavy (non-hydrogen) atoms. The van der Waals surface area contributed by atoms with Crippen LogP contribution in [0.25, 0.3) is 0 Å². The largest absolute Gasteiger partial charge is 0.301 e. The van der Waals surface area contributed by atoms with E-state index in [0.29, 0.717) is 0 Å². The quantitative estimate of drug-likeness (QED) is 0.522. The minimum atomic E-state index is -3.65. The number of aromatic nitrogens is 1. The molecule has 1 N–H and O–H groups in total. The van der Waals surface area contributed by atoms with Crippen LogP contribution in [0.5, 0.6) is 0 Å². The summed E-state index contributed by atoms with van der Waals surface area (Å²) in [7, 11) is 1.42. The summed E-state index contributed by atoms with van der Waals surface area (Å²) in [4.78, 5) is 3.51. The molecule has 6 heteroatoms. The molecule has 1 rings (SSSR count). The molecule has 0 saturated carbocycles. The molecule has 0 amide bonds. The summed E-state index contributed by atoms with van der Waals surface area (Å²) in [6.45, 7) is 0. The van der Waals surface area contributed by atoms with Gasteiger partial charge in [-0.2, -0.15) is 0 Å². The Balaban J connectivity index is 3.74. The van der Waals surface area contributed by atoms with E-state index in [1.165, 1.54) is 6.20 Å². The predicted molar refractivity (Wildman–Crippen MR) is 44.1 cm³/mol. The van der Waals surface area contributed by atoms with E-state index >= 15 is 0 Å². The lowest BCUT2D eigenvalue weighted by Gasteiger charge is -1.85. The van der Waals surface area contributed by atoms with E-state index < -0.39 is 14.8 Å². The highest BCUT2D eigenvalue weighted by Gasteiger charge is 1.96. The Labute approximate surface area is 73.2 Å². The standard InChI is InChI=1S/C6H5ClFNO2S/c7-12(10,11)6-3-5(8)1-2-9-4-6/h1-4H,(H,10,11).